The first-order valence-corrected chi connectivity index (χ1v) is 3.10. The Morgan fingerprint density at radius 3 is 2.25 bits per heavy atom. The van der Waals surface area contributed by atoms with E-state index in [4.69, 9.17) is 11.6 Å². The van der Waals surface area contributed by atoms with Crippen LogP contribution in [0.25, 0.3) is 0 Å². The lowest BCUT2D eigenvalue weighted by molar-refractivity contribution is 0.367. The van der Waals surface area contributed by atoms with Crippen LogP contribution in [0.5, 0.6) is 0 Å². The molecule has 0 bridgehead atoms. The minimum Gasteiger partial charge on any atom is -0.302 e. The fourth-order valence-electron chi connectivity index (χ4n) is 0.412. The van der Waals surface area contributed by atoms with Crippen LogP contribution in [-0.4, -0.2) is 30.9 Å². The van der Waals surface area contributed by atoms with Gasteiger partial charge in [0.05, 0.1) is 0 Å². The van der Waals surface area contributed by atoms with Crippen molar-refractivity contribution in [1.82, 2.24) is 4.90 Å². The van der Waals surface area contributed by atoms with E-state index in [1.54, 1.807) is 0 Å². The first-order valence-electron chi connectivity index (χ1n) is 2.57. The average Bonchev–Trinajstić information content (AvgIpc) is 1.69. The zero-order valence-electron chi connectivity index (χ0n) is 5.39. The van der Waals surface area contributed by atoms with Crippen LogP contribution in [0.1, 0.15) is 0 Å². The predicted octanol–water partition coefficient (Wildman–Crippen LogP) is 1.34. The molecule has 0 saturated carbocycles. The van der Waals surface area contributed by atoms with Gasteiger partial charge in [-0.05, 0) is 14.1 Å². The molecule has 0 amide bonds. The molecule has 0 aliphatic rings. The zero-order valence-corrected chi connectivity index (χ0v) is 6.15. The van der Waals surface area contributed by atoms with Gasteiger partial charge in [-0.25, -0.2) is 0 Å². The van der Waals surface area contributed by atoms with Gasteiger partial charge in [-0.3, -0.25) is 0 Å². The summed E-state index contributed by atoms with van der Waals surface area (Å²) in [4.78, 5) is 2.03. The lowest BCUT2D eigenvalue weighted by Gasteiger charge is -2.16. The standard InChI is InChI=1S/C6H12ClN/c1-4-6(5-7)8(2)3/h4,6H,1,5H2,2-3H3. The van der Waals surface area contributed by atoms with Crippen molar-refractivity contribution in [2.24, 2.45) is 0 Å². The highest BCUT2D eigenvalue weighted by Crippen LogP contribution is 1.95. The van der Waals surface area contributed by atoms with Crippen LogP contribution in [0.3, 0.4) is 0 Å². The Bertz CT molecular complexity index is 70.9. The molecule has 1 nitrogen and oxygen atoms in total. The van der Waals surface area contributed by atoms with Crippen LogP contribution in [0.4, 0.5) is 0 Å². The minimum absolute atomic E-state index is 0.316. The number of likely N-dealkylation sites (N-methyl/N-ethyl adjacent to an activating group) is 1. The molecular formula is C6H12ClN. The number of nitrogens with zero attached hydrogens (tertiary/aromatic N) is 1. The number of hydrogen-bond donors (Lipinski definition) is 0. The summed E-state index contributed by atoms with van der Waals surface area (Å²) in [6.45, 7) is 3.63. The molecule has 0 radical (unpaired) electrons. The van der Waals surface area contributed by atoms with Crippen LogP contribution in [0.2, 0.25) is 0 Å². The molecule has 0 saturated heterocycles. The summed E-state index contributed by atoms with van der Waals surface area (Å²) >= 11 is 5.55. The van der Waals surface area contributed by atoms with Gasteiger partial charge in [0.15, 0.2) is 0 Å². The second-order valence-electron chi connectivity index (χ2n) is 1.92. The van der Waals surface area contributed by atoms with E-state index >= 15 is 0 Å². The van der Waals surface area contributed by atoms with Crippen LogP contribution < -0.4 is 0 Å². The maximum Gasteiger partial charge on any atom is 0.0415 e. The molecule has 0 heterocycles. The summed E-state index contributed by atoms with van der Waals surface area (Å²) in [6, 6.07) is 0.316. The minimum atomic E-state index is 0.316. The molecule has 0 aromatic rings. The highest BCUT2D eigenvalue weighted by molar-refractivity contribution is 6.18. The van der Waals surface area contributed by atoms with Gasteiger partial charge in [-0.1, -0.05) is 6.08 Å². The molecule has 48 valence electrons. The third-order valence-electron chi connectivity index (χ3n) is 1.09. The van der Waals surface area contributed by atoms with E-state index in [0.717, 1.165) is 0 Å². The van der Waals surface area contributed by atoms with E-state index in [0.29, 0.717) is 11.9 Å². The fourth-order valence-corrected chi connectivity index (χ4v) is 0.814. The van der Waals surface area contributed by atoms with Gasteiger partial charge < -0.3 is 4.90 Å². The van der Waals surface area contributed by atoms with Gasteiger partial charge in [-0.15, -0.1) is 18.2 Å². The molecule has 0 aliphatic heterocycles. The Balaban J connectivity index is 3.51. The van der Waals surface area contributed by atoms with Gasteiger partial charge in [0.25, 0.3) is 0 Å². The smallest absolute Gasteiger partial charge is 0.0415 e. The maximum absolute atomic E-state index is 5.55. The predicted molar refractivity (Wildman–Crippen MR) is 38.4 cm³/mol. The van der Waals surface area contributed by atoms with Crippen molar-refractivity contribution in [3.8, 4) is 0 Å². The summed E-state index contributed by atoms with van der Waals surface area (Å²) in [5.41, 5.74) is 0. The Morgan fingerprint density at radius 2 is 2.25 bits per heavy atom. The van der Waals surface area contributed by atoms with E-state index in [1.807, 2.05) is 25.1 Å². The lowest BCUT2D eigenvalue weighted by atomic mass is 10.3. The zero-order chi connectivity index (χ0) is 6.57. The van der Waals surface area contributed by atoms with Crippen molar-refractivity contribution in [3.63, 3.8) is 0 Å². The highest BCUT2D eigenvalue weighted by Gasteiger charge is 2.01. The van der Waals surface area contributed by atoms with Crippen LogP contribution >= 0.6 is 11.6 Å². The first-order chi connectivity index (χ1) is 3.72. The normalized spacial score (nSPS) is 14.0. The molecule has 0 fully saturated rings. The Labute approximate surface area is 55.9 Å². The van der Waals surface area contributed by atoms with Crippen LogP contribution in [0.15, 0.2) is 12.7 Å². The summed E-state index contributed by atoms with van der Waals surface area (Å²) < 4.78 is 0. The largest absolute Gasteiger partial charge is 0.302 e. The second kappa shape index (κ2) is 3.93. The van der Waals surface area contributed by atoms with Crippen molar-refractivity contribution < 1.29 is 0 Å². The molecule has 1 unspecified atom stereocenters. The summed E-state index contributed by atoms with van der Waals surface area (Å²) in [7, 11) is 3.96. The summed E-state index contributed by atoms with van der Waals surface area (Å²) in [6.07, 6.45) is 1.84. The third kappa shape index (κ3) is 2.34. The molecule has 0 aliphatic carbocycles. The van der Waals surface area contributed by atoms with Gasteiger partial charge in [-0.2, -0.15) is 0 Å². The first kappa shape index (κ1) is 7.99. The van der Waals surface area contributed by atoms with Crippen molar-refractivity contribution in [1.29, 1.82) is 0 Å². The fraction of sp³-hybridized carbons (Fsp3) is 0.667. The Hall–Kier alpha value is -0.0100. The van der Waals surface area contributed by atoms with Crippen LogP contribution in [0, 0.1) is 0 Å². The van der Waals surface area contributed by atoms with E-state index in [-0.39, 0.29) is 0 Å². The monoisotopic (exact) mass is 133 g/mol. The lowest BCUT2D eigenvalue weighted by Crippen LogP contribution is -2.26. The Kier molecular flexibility index (Phi) is 3.92. The third-order valence-corrected chi connectivity index (χ3v) is 1.41. The second-order valence-corrected chi connectivity index (χ2v) is 2.23. The molecule has 2 heteroatoms. The highest BCUT2D eigenvalue weighted by atomic mass is 35.5. The van der Waals surface area contributed by atoms with Gasteiger partial charge in [0, 0.05) is 11.9 Å². The SMILES string of the molecule is C=CC(CCl)N(C)C. The molecule has 1 atom stereocenters. The molecule has 0 rings (SSSR count). The number of halogens is 1. The molecule has 0 aromatic heterocycles. The van der Waals surface area contributed by atoms with Gasteiger partial charge in [0.2, 0.25) is 0 Å². The Morgan fingerprint density at radius 1 is 1.75 bits per heavy atom. The average molecular weight is 134 g/mol. The summed E-state index contributed by atoms with van der Waals surface area (Å²) in [5, 5.41) is 0. The van der Waals surface area contributed by atoms with Crippen molar-refractivity contribution >= 4 is 11.6 Å². The number of hydrogen-bond acceptors (Lipinski definition) is 1. The topological polar surface area (TPSA) is 3.24 Å². The number of alkyl halides is 1. The molecule has 0 spiro atoms. The van der Waals surface area contributed by atoms with E-state index < -0.39 is 0 Å². The molecule has 8 heavy (non-hydrogen) atoms. The van der Waals surface area contributed by atoms with Crippen molar-refractivity contribution in [3.05, 3.63) is 12.7 Å². The van der Waals surface area contributed by atoms with E-state index in [9.17, 15) is 0 Å². The molecule has 0 aromatic carbocycles. The van der Waals surface area contributed by atoms with E-state index in [1.165, 1.54) is 0 Å². The summed E-state index contributed by atoms with van der Waals surface area (Å²) in [5.74, 6) is 0.622. The van der Waals surface area contributed by atoms with Gasteiger partial charge >= 0.3 is 0 Å². The van der Waals surface area contributed by atoms with Crippen LogP contribution in [-0.2, 0) is 0 Å². The van der Waals surface area contributed by atoms with Crippen molar-refractivity contribution in [2.45, 2.75) is 6.04 Å². The van der Waals surface area contributed by atoms with Crippen molar-refractivity contribution in [2.75, 3.05) is 20.0 Å². The molecule has 0 N–H and O–H groups in total. The van der Waals surface area contributed by atoms with E-state index in [2.05, 4.69) is 6.58 Å². The van der Waals surface area contributed by atoms with Gasteiger partial charge in [0.1, 0.15) is 0 Å². The maximum atomic E-state index is 5.55. The quantitative estimate of drug-likeness (QED) is 0.415. The number of rotatable bonds is 3. The molecular weight excluding hydrogens is 122 g/mol.